The third-order valence-electron chi connectivity index (χ3n) is 3.75. The monoisotopic (exact) mass is 330 g/mol. The highest BCUT2D eigenvalue weighted by molar-refractivity contribution is 9.10. The molecule has 0 aliphatic rings. The summed E-state index contributed by atoms with van der Waals surface area (Å²) in [5.74, 6) is 6.30. The molecule has 1 heterocycles. The number of hydrogen-bond donors (Lipinski definition) is 2. The summed E-state index contributed by atoms with van der Waals surface area (Å²) in [5, 5.41) is 4.64. The van der Waals surface area contributed by atoms with Gasteiger partial charge in [-0.2, -0.15) is 5.10 Å². The van der Waals surface area contributed by atoms with Crippen molar-refractivity contribution in [2.45, 2.75) is 66.0 Å². The Kier molecular flexibility index (Phi) is 7.04. The van der Waals surface area contributed by atoms with Crippen molar-refractivity contribution in [1.82, 2.24) is 15.2 Å². The highest BCUT2D eigenvalue weighted by Gasteiger charge is 2.21. The Morgan fingerprint density at radius 2 is 2.05 bits per heavy atom. The maximum Gasteiger partial charge on any atom is 0.0766 e. The second kappa shape index (κ2) is 8.02. The van der Waals surface area contributed by atoms with Crippen LogP contribution in [0.25, 0.3) is 0 Å². The van der Waals surface area contributed by atoms with E-state index in [1.807, 2.05) is 0 Å². The van der Waals surface area contributed by atoms with Gasteiger partial charge in [-0.1, -0.05) is 27.2 Å². The molecule has 0 fully saturated rings. The average molecular weight is 331 g/mol. The van der Waals surface area contributed by atoms with Crippen molar-refractivity contribution >= 4 is 15.9 Å². The van der Waals surface area contributed by atoms with Gasteiger partial charge in [0.1, 0.15) is 0 Å². The van der Waals surface area contributed by atoms with Gasteiger partial charge in [0.15, 0.2) is 0 Å². The molecule has 0 aliphatic carbocycles. The lowest BCUT2D eigenvalue weighted by atomic mass is 9.93. The Bertz CT molecular complexity index is 389. The number of aryl methyl sites for hydroxylation is 2. The number of halogens is 1. The van der Waals surface area contributed by atoms with Crippen LogP contribution in [0, 0.1) is 5.92 Å². The Morgan fingerprint density at radius 3 is 2.53 bits per heavy atom. The maximum atomic E-state index is 5.74. The molecule has 1 aromatic rings. The van der Waals surface area contributed by atoms with Gasteiger partial charge in [-0.15, -0.1) is 0 Å². The molecular formula is C14H27BrN4. The van der Waals surface area contributed by atoms with Crippen LogP contribution in [0.4, 0.5) is 0 Å². The number of nitrogens with two attached hydrogens (primary N) is 1. The number of rotatable bonds is 8. The van der Waals surface area contributed by atoms with Crippen LogP contribution in [-0.4, -0.2) is 15.8 Å². The molecule has 2 atom stereocenters. The summed E-state index contributed by atoms with van der Waals surface area (Å²) in [6.45, 7) is 9.63. The van der Waals surface area contributed by atoms with E-state index < -0.39 is 0 Å². The minimum Gasteiger partial charge on any atom is -0.271 e. The van der Waals surface area contributed by atoms with E-state index in [0.717, 1.165) is 29.6 Å². The van der Waals surface area contributed by atoms with Gasteiger partial charge in [0, 0.05) is 19.0 Å². The highest BCUT2D eigenvalue weighted by Crippen LogP contribution is 2.25. The van der Waals surface area contributed by atoms with Crippen LogP contribution in [0.5, 0.6) is 0 Å². The molecular weight excluding hydrogens is 304 g/mol. The zero-order chi connectivity index (χ0) is 14.4. The van der Waals surface area contributed by atoms with Crippen molar-refractivity contribution in [3.63, 3.8) is 0 Å². The summed E-state index contributed by atoms with van der Waals surface area (Å²) in [5.41, 5.74) is 5.37. The Balaban J connectivity index is 2.92. The van der Waals surface area contributed by atoms with Crippen LogP contribution in [0.15, 0.2) is 4.47 Å². The first-order valence-electron chi connectivity index (χ1n) is 7.29. The molecule has 4 nitrogen and oxygen atoms in total. The van der Waals surface area contributed by atoms with E-state index in [2.05, 4.69) is 58.8 Å². The van der Waals surface area contributed by atoms with Gasteiger partial charge >= 0.3 is 0 Å². The van der Waals surface area contributed by atoms with Crippen LogP contribution in [0.3, 0.4) is 0 Å². The van der Waals surface area contributed by atoms with Crippen molar-refractivity contribution in [3.05, 3.63) is 15.9 Å². The molecule has 110 valence electrons. The van der Waals surface area contributed by atoms with E-state index in [1.54, 1.807) is 0 Å². The fraction of sp³-hybridized carbons (Fsp3) is 0.786. The van der Waals surface area contributed by atoms with Crippen LogP contribution in [0.2, 0.25) is 0 Å². The van der Waals surface area contributed by atoms with Crippen molar-refractivity contribution in [3.8, 4) is 0 Å². The minimum atomic E-state index is 0.294. The molecule has 0 aliphatic heterocycles. The van der Waals surface area contributed by atoms with Crippen molar-refractivity contribution in [1.29, 1.82) is 0 Å². The smallest absolute Gasteiger partial charge is 0.0766 e. The zero-order valence-electron chi connectivity index (χ0n) is 12.5. The fourth-order valence-electron chi connectivity index (χ4n) is 2.50. The number of aromatic nitrogens is 2. The maximum absolute atomic E-state index is 5.74. The molecule has 2 unspecified atom stereocenters. The summed E-state index contributed by atoms with van der Waals surface area (Å²) in [6, 6.07) is 0.294. The predicted molar refractivity (Wildman–Crippen MR) is 83.9 cm³/mol. The summed E-state index contributed by atoms with van der Waals surface area (Å²) in [4.78, 5) is 0. The van der Waals surface area contributed by atoms with Gasteiger partial charge in [0.05, 0.1) is 15.9 Å². The first kappa shape index (κ1) is 16.7. The predicted octanol–water partition coefficient (Wildman–Crippen LogP) is 3.04. The number of hydrazine groups is 1. The van der Waals surface area contributed by atoms with Gasteiger partial charge in [0.25, 0.3) is 0 Å². The molecule has 5 heteroatoms. The lowest BCUT2D eigenvalue weighted by molar-refractivity contribution is 0.349. The van der Waals surface area contributed by atoms with Gasteiger partial charge in [-0.05, 0) is 41.6 Å². The Morgan fingerprint density at radius 1 is 1.37 bits per heavy atom. The first-order chi connectivity index (χ1) is 9.08. The van der Waals surface area contributed by atoms with E-state index >= 15 is 0 Å². The molecule has 1 rings (SSSR count). The van der Waals surface area contributed by atoms with Gasteiger partial charge < -0.3 is 0 Å². The third-order valence-corrected chi connectivity index (χ3v) is 4.67. The molecule has 0 saturated carbocycles. The second-order valence-corrected chi connectivity index (χ2v) is 5.91. The molecule has 0 spiro atoms. The van der Waals surface area contributed by atoms with E-state index in [0.29, 0.717) is 12.0 Å². The van der Waals surface area contributed by atoms with E-state index in [4.69, 9.17) is 5.84 Å². The van der Waals surface area contributed by atoms with Crippen molar-refractivity contribution in [2.24, 2.45) is 11.8 Å². The van der Waals surface area contributed by atoms with E-state index in [1.165, 1.54) is 18.5 Å². The second-order valence-electron chi connectivity index (χ2n) is 5.12. The average Bonchev–Trinajstić information content (AvgIpc) is 2.72. The number of nitrogens with zero attached hydrogens (tertiary/aromatic N) is 2. The van der Waals surface area contributed by atoms with Gasteiger partial charge in [-0.25, -0.2) is 0 Å². The molecule has 0 bridgehead atoms. The minimum absolute atomic E-state index is 0.294. The Hall–Kier alpha value is -0.390. The summed E-state index contributed by atoms with van der Waals surface area (Å²) in [6.07, 6.45) is 4.24. The summed E-state index contributed by atoms with van der Waals surface area (Å²) >= 11 is 3.70. The lowest BCUT2D eigenvalue weighted by Crippen LogP contribution is -2.42. The topological polar surface area (TPSA) is 55.9 Å². The largest absolute Gasteiger partial charge is 0.271 e. The van der Waals surface area contributed by atoms with Crippen molar-refractivity contribution < 1.29 is 0 Å². The SMILES string of the molecule is CCCC(C)C(Cc1c(Br)c(CC)nn1CC)NN. The molecule has 0 radical (unpaired) electrons. The van der Waals surface area contributed by atoms with Crippen LogP contribution >= 0.6 is 15.9 Å². The molecule has 19 heavy (non-hydrogen) atoms. The lowest BCUT2D eigenvalue weighted by Gasteiger charge is -2.23. The van der Waals surface area contributed by atoms with Crippen LogP contribution in [0.1, 0.15) is 51.9 Å². The third kappa shape index (κ3) is 4.04. The molecule has 0 saturated heterocycles. The van der Waals surface area contributed by atoms with Crippen molar-refractivity contribution in [2.75, 3.05) is 0 Å². The Labute approximate surface area is 125 Å². The summed E-state index contributed by atoms with van der Waals surface area (Å²) < 4.78 is 3.24. The zero-order valence-corrected chi connectivity index (χ0v) is 14.1. The summed E-state index contributed by atoms with van der Waals surface area (Å²) in [7, 11) is 0. The van der Waals surface area contributed by atoms with Crippen LogP contribution in [-0.2, 0) is 19.4 Å². The first-order valence-corrected chi connectivity index (χ1v) is 8.08. The standard InChI is InChI=1S/C14H27BrN4/c1-5-8-10(4)12(17-16)9-13-14(15)11(6-2)18-19(13)7-3/h10,12,17H,5-9,16H2,1-4H3. The quantitative estimate of drug-likeness (QED) is 0.569. The molecule has 1 aromatic heterocycles. The normalized spacial score (nSPS) is 14.6. The molecule has 0 amide bonds. The number of nitrogens with one attached hydrogen (secondary N) is 1. The molecule has 3 N–H and O–H groups in total. The van der Waals surface area contributed by atoms with Crippen LogP contribution < -0.4 is 11.3 Å². The van der Waals surface area contributed by atoms with Gasteiger partial charge in [0.2, 0.25) is 0 Å². The molecule has 0 aromatic carbocycles. The fourth-order valence-corrected chi connectivity index (χ4v) is 3.23. The number of hydrogen-bond acceptors (Lipinski definition) is 3. The van der Waals surface area contributed by atoms with E-state index in [-0.39, 0.29) is 0 Å². The highest BCUT2D eigenvalue weighted by atomic mass is 79.9. The van der Waals surface area contributed by atoms with Gasteiger partial charge in [-0.3, -0.25) is 16.0 Å². The van der Waals surface area contributed by atoms with E-state index in [9.17, 15) is 0 Å².